The number of halogens is 2. The molecular formula is C19H12F2N2O2. The van der Waals surface area contributed by atoms with Gasteiger partial charge in [-0.2, -0.15) is 14.0 Å². The fourth-order valence-electron chi connectivity index (χ4n) is 2.47. The molecule has 0 saturated heterocycles. The van der Waals surface area contributed by atoms with Gasteiger partial charge in [0.05, 0.1) is 0 Å². The zero-order valence-corrected chi connectivity index (χ0v) is 12.9. The summed E-state index contributed by atoms with van der Waals surface area (Å²) in [4.78, 5) is 15.6. The molecule has 1 heterocycles. The lowest BCUT2D eigenvalue weighted by Gasteiger charge is -2.04. The van der Waals surface area contributed by atoms with E-state index in [1.54, 1.807) is 12.3 Å². The lowest BCUT2D eigenvalue weighted by atomic mass is 10.0. The number of aromatic amines is 1. The number of carbonyl (C=O) groups is 1. The highest BCUT2D eigenvalue weighted by atomic mass is 19.3. The average molecular weight is 338 g/mol. The van der Waals surface area contributed by atoms with Crippen LogP contribution in [0.15, 0.2) is 60.3 Å². The lowest BCUT2D eigenvalue weighted by Crippen LogP contribution is -2.02. The summed E-state index contributed by atoms with van der Waals surface area (Å²) in [6.45, 7) is -2.90. The number of alkyl halides is 2. The number of hydrogen-bond acceptors (Lipinski definition) is 3. The van der Waals surface area contributed by atoms with Gasteiger partial charge in [-0.1, -0.05) is 30.3 Å². The molecule has 1 aromatic heterocycles. The Balaban J connectivity index is 1.90. The Hall–Kier alpha value is -3.46. The van der Waals surface area contributed by atoms with E-state index >= 15 is 0 Å². The third-order valence-corrected chi connectivity index (χ3v) is 3.62. The number of Topliss-reactive ketones (excluding diaryl/α,β-unsaturated/α-hetero) is 1. The summed E-state index contributed by atoms with van der Waals surface area (Å²) >= 11 is 0. The monoisotopic (exact) mass is 338 g/mol. The highest BCUT2D eigenvalue weighted by molar-refractivity contribution is 6.19. The average Bonchev–Trinajstić information content (AvgIpc) is 3.04. The van der Waals surface area contributed by atoms with Crippen molar-refractivity contribution in [2.45, 2.75) is 6.61 Å². The van der Waals surface area contributed by atoms with Crippen LogP contribution in [0.25, 0.3) is 17.0 Å². The summed E-state index contributed by atoms with van der Waals surface area (Å²) in [5.74, 6) is -0.401. The summed E-state index contributed by atoms with van der Waals surface area (Å²) in [5.41, 5.74) is 1.69. The van der Waals surface area contributed by atoms with Crippen LogP contribution in [-0.2, 0) is 0 Å². The molecule has 0 spiro atoms. The van der Waals surface area contributed by atoms with Gasteiger partial charge in [-0.15, -0.1) is 0 Å². The maximum absolute atomic E-state index is 12.6. The largest absolute Gasteiger partial charge is 0.435 e. The molecule has 0 aliphatic carbocycles. The van der Waals surface area contributed by atoms with E-state index in [0.29, 0.717) is 11.1 Å². The molecule has 124 valence electrons. The Labute approximate surface area is 142 Å². The van der Waals surface area contributed by atoms with Gasteiger partial charge in [-0.05, 0) is 29.8 Å². The van der Waals surface area contributed by atoms with Gasteiger partial charge < -0.3 is 9.72 Å². The second-order valence-corrected chi connectivity index (χ2v) is 5.19. The quantitative estimate of drug-likeness (QED) is 0.421. The third-order valence-electron chi connectivity index (χ3n) is 3.62. The second kappa shape index (κ2) is 6.97. The summed E-state index contributed by atoms with van der Waals surface area (Å²) in [6.07, 6.45) is 2.98. The van der Waals surface area contributed by atoms with E-state index in [4.69, 9.17) is 0 Å². The van der Waals surface area contributed by atoms with Gasteiger partial charge in [0.2, 0.25) is 5.78 Å². The number of carbonyl (C=O) groups excluding carboxylic acids is 1. The molecule has 0 fully saturated rings. The molecule has 0 amide bonds. The summed E-state index contributed by atoms with van der Waals surface area (Å²) in [7, 11) is 0. The standard InChI is InChI=1S/C19H12F2N2O2/c20-19(21)25-14-7-5-12(6-8-14)9-13(10-22)18(24)16-11-23-17-4-2-1-3-15(16)17/h1-9,11,19,23H/b13-9+. The smallest absolute Gasteiger partial charge is 0.387 e. The highest BCUT2D eigenvalue weighted by Gasteiger charge is 2.16. The van der Waals surface area contributed by atoms with Crippen molar-refractivity contribution in [1.82, 2.24) is 4.98 Å². The number of aromatic nitrogens is 1. The molecule has 0 aliphatic heterocycles. The number of allylic oxidation sites excluding steroid dienone is 1. The minimum Gasteiger partial charge on any atom is -0.435 e. The van der Waals surface area contributed by atoms with E-state index in [0.717, 1.165) is 10.9 Å². The van der Waals surface area contributed by atoms with Crippen LogP contribution in [0.2, 0.25) is 0 Å². The van der Waals surface area contributed by atoms with E-state index in [1.807, 2.05) is 24.3 Å². The fraction of sp³-hybridized carbons (Fsp3) is 0.0526. The van der Waals surface area contributed by atoms with Crippen LogP contribution in [0.3, 0.4) is 0 Å². The molecule has 0 saturated carbocycles. The lowest BCUT2D eigenvalue weighted by molar-refractivity contribution is -0.0498. The maximum atomic E-state index is 12.6. The van der Waals surface area contributed by atoms with Crippen molar-refractivity contribution in [3.63, 3.8) is 0 Å². The SMILES string of the molecule is N#C/C(=C\c1ccc(OC(F)F)cc1)C(=O)c1c[nH]c2ccccc12. The molecule has 2 aromatic carbocycles. The van der Waals surface area contributed by atoms with Gasteiger partial charge in [0, 0.05) is 22.7 Å². The zero-order valence-electron chi connectivity index (χ0n) is 12.9. The van der Waals surface area contributed by atoms with E-state index in [9.17, 15) is 18.8 Å². The predicted molar refractivity (Wildman–Crippen MR) is 89.3 cm³/mol. The molecule has 4 nitrogen and oxygen atoms in total. The van der Waals surface area contributed by atoms with Crippen LogP contribution in [0.4, 0.5) is 8.78 Å². The maximum Gasteiger partial charge on any atom is 0.387 e. The molecule has 0 aliphatic rings. The van der Waals surface area contributed by atoms with Crippen molar-refractivity contribution < 1.29 is 18.3 Å². The summed E-state index contributed by atoms with van der Waals surface area (Å²) in [5, 5.41) is 10.1. The third kappa shape index (κ3) is 3.56. The fourth-order valence-corrected chi connectivity index (χ4v) is 2.47. The molecule has 0 bridgehead atoms. The number of hydrogen-bond donors (Lipinski definition) is 1. The first kappa shape index (κ1) is 16.4. The first-order valence-electron chi connectivity index (χ1n) is 7.36. The minimum atomic E-state index is -2.90. The zero-order chi connectivity index (χ0) is 17.8. The summed E-state index contributed by atoms with van der Waals surface area (Å²) < 4.78 is 28.6. The van der Waals surface area contributed by atoms with Crippen LogP contribution >= 0.6 is 0 Å². The van der Waals surface area contributed by atoms with Crippen LogP contribution < -0.4 is 4.74 Å². The second-order valence-electron chi connectivity index (χ2n) is 5.19. The normalized spacial score (nSPS) is 11.5. The van der Waals surface area contributed by atoms with Crippen molar-refractivity contribution in [2.75, 3.05) is 0 Å². The van der Waals surface area contributed by atoms with Crippen molar-refractivity contribution >= 4 is 22.8 Å². The van der Waals surface area contributed by atoms with E-state index in [2.05, 4.69) is 9.72 Å². The van der Waals surface area contributed by atoms with Crippen molar-refractivity contribution in [2.24, 2.45) is 0 Å². The molecule has 0 radical (unpaired) electrons. The first-order chi connectivity index (χ1) is 12.1. The number of rotatable bonds is 5. The number of nitrogens with one attached hydrogen (secondary N) is 1. The predicted octanol–water partition coefficient (Wildman–Crippen LogP) is 4.56. The number of para-hydroxylation sites is 1. The molecule has 1 N–H and O–H groups in total. The topological polar surface area (TPSA) is 65.9 Å². The van der Waals surface area contributed by atoms with Crippen LogP contribution in [-0.4, -0.2) is 17.4 Å². The van der Waals surface area contributed by atoms with E-state index in [1.165, 1.54) is 30.3 Å². The number of fused-ring (bicyclic) bond motifs is 1. The molecule has 0 atom stereocenters. The molecule has 25 heavy (non-hydrogen) atoms. The van der Waals surface area contributed by atoms with Gasteiger partial charge in [0.1, 0.15) is 17.4 Å². The van der Waals surface area contributed by atoms with Crippen molar-refractivity contribution in [1.29, 1.82) is 5.26 Å². The van der Waals surface area contributed by atoms with Gasteiger partial charge in [-0.25, -0.2) is 0 Å². The van der Waals surface area contributed by atoms with Crippen molar-refractivity contribution in [3.05, 3.63) is 71.4 Å². The van der Waals surface area contributed by atoms with Gasteiger partial charge in [0.15, 0.2) is 0 Å². The van der Waals surface area contributed by atoms with Gasteiger partial charge in [-0.3, -0.25) is 4.79 Å². The van der Waals surface area contributed by atoms with E-state index in [-0.39, 0.29) is 11.3 Å². The van der Waals surface area contributed by atoms with Crippen molar-refractivity contribution in [3.8, 4) is 11.8 Å². The Kier molecular flexibility index (Phi) is 4.57. The molecule has 3 rings (SSSR count). The van der Waals surface area contributed by atoms with Gasteiger partial charge >= 0.3 is 6.61 Å². The summed E-state index contributed by atoms with van der Waals surface area (Å²) in [6, 6.07) is 14.9. The number of ketones is 1. The van der Waals surface area contributed by atoms with Gasteiger partial charge in [0.25, 0.3) is 0 Å². The van der Waals surface area contributed by atoms with Crippen LogP contribution in [0, 0.1) is 11.3 Å². The Morgan fingerprint density at radius 2 is 1.88 bits per heavy atom. The Bertz CT molecular complexity index is 983. The Morgan fingerprint density at radius 3 is 2.56 bits per heavy atom. The highest BCUT2D eigenvalue weighted by Crippen LogP contribution is 2.22. The molecule has 6 heteroatoms. The number of nitrogens with zero attached hydrogens (tertiary/aromatic N) is 1. The Morgan fingerprint density at radius 1 is 1.16 bits per heavy atom. The van der Waals surface area contributed by atoms with Crippen LogP contribution in [0.1, 0.15) is 15.9 Å². The molecule has 3 aromatic rings. The number of H-pyrrole nitrogens is 1. The molecular weight excluding hydrogens is 326 g/mol. The van der Waals surface area contributed by atoms with Crippen LogP contribution in [0.5, 0.6) is 5.75 Å². The number of benzene rings is 2. The number of ether oxygens (including phenoxy) is 1. The van der Waals surface area contributed by atoms with E-state index < -0.39 is 12.4 Å². The molecule has 0 unspecified atom stereocenters. The number of nitriles is 1. The first-order valence-corrected chi connectivity index (χ1v) is 7.36. The minimum absolute atomic E-state index is 0.00797.